The Kier molecular flexibility index (Phi) is 1.14. The number of rotatable bonds is 0. The summed E-state index contributed by atoms with van der Waals surface area (Å²) in [6.45, 7) is -4.72. The van der Waals surface area contributed by atoms with Crippen molar-refractivity contribution in [3.8, 4) is 11.4 Å². The van der Waals surface area contributed by atoms with Crippen LogP contribution in [-0.2, 0) is 20.5 Å². The highest BCUT2D eigenvalue weighted by Gasteiger charge is 2.34. The molecule has 4 aromatic heterocycles. The highest BCUT2D eigenvalue weighted by molar-refractivity contribution is 6.03. The van der Waals surface area contributed by atoms with Gasteiger partial charge in [0, 0.05) is 24.2 Å². The van der Waals surface area contributed by atoms with Crippen molar-refractivity contribution in [3.63, 3.8) is 0 Å². The van der Waals surface area contributed by atoms with Gasteiger partial charge in [0.1, 0.15) is 0 Å². The molecule has 0 spiro atoms. The van der Waals surface area contributed by atoms with Crippen LogP contribution in [0.2, 0.25) is 0 Å². The Morgan fingerprint density at radius 2 is 2.33 bits per heavy atom. The van der Waals surface area contributed by atoms with E-state index in [0.29, 0.717) is 23.3 Å². The number of aromatic nitrogens is 5. The summed E-state index contributed by atoms with van der Waals surface area (Å²) in [5.41, 5.74) is 2.56. The fourth-order valence-corrected chi connectivity index (χ4v) is 3.25. The molecule has 1 aliphatic heterocycles. The van der Waals surface area contributed by atoms with Gasteiger partial charge in [-0.25, -0.2) is 18.7 Å². The van der Waals surface area contributed by atoms with E-state index in [-0.39, 0.29) is 11.3 Å². The normalized spacial score (nSPS) is 18.5. The first-order valence-corrected chi connectivity index (χ1v) is 6.57. The molecular weight excluding hydrogens is 262 g/mol. The predicted molar refractivity (Wildman–Crippen MR) is 79.7 cm³/mol. The lowest BCUT2D eigenvalue weighted by Crippen LogP contribution is -2.31. The van der Waals surface area contributed by atoms with Crippen molar-refractivity contribution in [2.75, 3.05) is 0 Å². The van der Waals surface area contributed by atoms with E-state index in [0.717, 1.165) is 20.3 Å². The highest BCUT2D eigenvalue weighted by Crippen LogP contribution is 2.35. The largest absolute Gasteiger partial charge is 0.270 e. The lowest BCUT2D eigenvalue weighted by molar-refractivity contribution is -0.636. The number of pyridine rings is 2. The molecule has 4 aromatic rings. The first kappa shape index (κ1) is 6.85. The van der Waals surface area contributed by atoms with Gasteiger partial charge in [0.2, 0.25) is 11.5 Å². The predicted octanol–water partition coefficient (Wildman–Crippen LogP) is 1.78. The molecule has 1 aliphatic rings. The van der Waals surface area contributed by atoms with Gasteiger partial charge in [-0.3, -0.25) is 4.98 Å². The molecule has 0 bridgehead atoms. The van der Waals surface area contributed by atoms with E-state index < -0.39 is 14.0 Å². The topological polar surface area (TPSA) is 39.5 Å². The van der Waals surface area contributed by atoms with E-state index in [1.165, 1.54) is 6.20 Å². The lowest BCUT2D eigenvalue weighted by atomic mass is 10.2. The Bertz CT molecular complexity index is 1230. The van der Waals surface area contributed by atoms with Gasteiger partial charge in [0.05, 0.1) is 39.7 Å². The van der Waals surface area contributed by atoms with Gasteiger partial charge in [0.15, 0.2) is 5.52 Å². The van der Waals surface area contributed by atoms with Crippen LogP contribution in [0.15, 0.2) is 36.8 Å². The molecule has 0 aromatic carbocycles. The molecule has 5 nitrogen and oxygen atoms in total. The van der Waals surface area contributed by atoms with E-state index >= 15 is 0 Å². The van der Waals surface area contributed by atoms with E-state index in [9.17, 15) is 0 Å². The van der Waals surface area contributed by atoms with Crippen molar-refractivity contribution in [1.82, 2.24) is 19.1 Å². The molecule has 5 heterocycles. The van der Waals surface area contributed by atoms with Crippen LogP contribution in [0.1, 0.15) is 13.8 Å². The molecule has 0 unspecified atom stereocenters. The maximum atomic E-state index is 8.11. The maximum absolute atomic E-state index is 8.11. The van der Waals surface area contributed by atoms with Crippen LogP contribution in [-0.4, -0.2) is 19.1 Å². The lowest BCUT2D eigenvalue weighted by Gasteiger charge is -1.97. The summed E-state index contributed by atoms with van der Waals surface area (Å²) in [5, 5.41) is 0.605. The zero-order valence-corrected chi connectivity index (χ0v) is 10.9. The molecule has 21 heavy (non-hydrogen) atoms. The maximum Gasteiger partial charge on any atom is 0.270 e. The Labute approximate surface area is 129 Å². The van der Waals surface area contributed by atoms with Gasteiger partial charge < -0.3 is 0 Å². The number of fused-ring (bicyclic) bond motifs is 7. The smallest absolute Gasteiger partial charge is 0.264 e. The summed E-state index contributed by atoms with van der Waals surface area (Å²) in [6, 6.07) is 5.25. The first-order valence-electron chi connectivity index (χ1n) is 9.57. The Morgan fingerprint density at radius 1 is 1.33 bits per heavy atom. The van der Waals surface area contributed by atoms with Crippen molar-refractivity contribution in [1.29, 1.82) is 0 Å². The van der Waals surface area contributed by atoms with Crippen molar-refractivity contribution in [3.05, 3.63) is 42.4 Å². The average Bonchev–Trinajstić information content (AvgIpc) is 3.18. The number of nitrogens with zero attached hydrogens (tertiary/aromatic N) is 5. The van der Waals surface area contributed by atoms with Gasteiger partial charge >= 0.3 is 0 Å². The second-order valence-corrected chi connectivity index (χ2v) is 5.16. The van der Waals surface area contributed by atoms with Gasteiger partial charge in [0.25, 0.3) is 5.65 Å². The number of hydrogen-bond acceptors (Lipinski definition) is 2. The first-order chi connectivity index (χ1) is 12.7. The molecule has 0 saturated carbocycles. The molecule has 0 atom stereocenters. The standard InChI is InChI=1S/C16H14N5/c1-19-14-12(4-3-6-18-14)13-16(19)20(2)15-11-5-7-17-8-10(11)9-21(13)15/h3-8H,9H2,1-2H3/q+1/i1D3,2D3. The monoisotopic (exact) mass is 282 g/mol. The zero-order valence-electron chi connectivity index (χ0n) is 16.9. The van der Waals surface area contributed by atoms with Crippen molar-refractivity contribution in [2.45, 2.75) is 6.54 Å². The minimum absolute atomic E-state index is 0.126. The van der Waals surface area contributed by atoms with Crippen LogP contribution in [0.4, 0.5) is 0 Å². The second kappa shape index (κ2) is 3.49. The van der Waals surface area contributed by atoms with Gasteiger partial charge in [-0.2, -0.15) is 0 Å². The van der Waals surface area contributed by atoms with E-state index in [1.807, 2.05) is 4.57 Å². The summed E-state index contributed by atoms with van der Waals surface area (Å²) in [7, 11) is 0. The third kappa shape index (κ3) is 1.15. The molecule has 0 radical (unpaired) electrons. The third-order valence-corrected chi connectivity index (χ3v) is 4.10. The molecule has 0 fully saturated rings. The van der Waals surface area contributed by atoms with E-state index in [2.05, 4.69) is 9.97 Å². The van der Waals surface area contributed by atoms with Crippen LogP contribution >= 0.6 is 0 Å². The molecule has 0 saturated heterocycles. The average molecular weight is 282 g/mol. The second-order valence-electron chi connectivity index (χ2n) is 5.16. The minimum Gasteiger partial charge on any atom is -0.264 e. The van der Waals surface area contributed by atoms with Crippen LogP contribution in [0, 0.1) is 0 Å². The number of hydrogen-bond donors (Lipinski definition) is 0. The van der Waals surface area contributed by atoms with Gasteiger partial charge in [-0.15, -0.1) is 0 Å². The summed E-state index contributed by atoms with van der Waals surface area (Å²) < 4.78 is 52.3. The molecule has 5 rings (SSSR count). The highest BCUT2D eigenvalue weighted by atomic mass is 15.2. The fourth-order valence-electron chi connectivity index (χ4n) is 3.25. The van der Waals surface area contributed by atoms with Crippen molar-refractivity contribution in [2.24, 2.45) is 14.0 Å². The third-order valence-electron chi connectivity index (χ3n) is 4.10. The zero-order chi connectivity index (χ0) is 19.1. The fraction of sp³-hybridized carbons (Fsp3) is 0.188. The quantitative estimate of drug-likeness (QED) is 0.406. The van der Waals surface area contributed by atoms with Crippen LogP contribution in [0.3, 0.4) is 0 Å². The molecule has 0 amide bonds. The van der Waals surface area contributed by atoms with Gasteiger partial charge in [-0.1, -0.05) is 0 Å². The summed E-state index contributed by atoms with van der Waals surface area (Å²) in [6.07, 6.45) is 4.82. The Morgan fingerprint density at radius 3 is 3.24 bits per heavy atom. The van der Waals surface area contributed by atoms with E-state index in [1.54, 1.807) is 30.6 Å². The molecule has 0 aliphatic carbocycles. The Balaban J connectivity index is 2.07. The summed E-state index contributed by atoms with van der Waals surface area (Å²) in [4.78, 5) is 8.36. The molecule has 0 N–H and O–H groups in total. The van der Waals surface area contributed by atoms with E-state index in [4.69, 9.17) is 8.22 Å². The van der Waals surface area contributed by atoms with Crippen LogP contribution < -0.4 is 4.57 Å². The SMILES string of the molecule is [2H]C([2H])([2H])n1c2ncccc2c2c1[n+](C([2H])([2H])[2H])c1n2Cc2cnccc2-1. The molecular formula is C16H14N5+. The van der Waals surface area contributed by atoms with Crippen LogP contribution in [0.25, 0.3) is 33.6 Å². The summed E-state index contributed by atoms with van der Waals surface area (Å²) >= 11 is 0. The molecule has 102 valence electrons. The minimum atomic E-state index is -2.58. The number of aryl methyl sites for hydroxylation is 2. The number of imidazole rings is 1. The molecule has 5 heteroatoms. The van der Waals surface area contributed by atoms with Crippen molar-refractivity contribution >= 4 is 22.2 Å². The summed E-state index contributed by atoms with van der Waals surface area (Å²) in [5.74, 6) is 0.459. The van der Waals surface area contributed by atoms with Crippen molar-refractivity contribution < 1.29 is 12.8 Å². The van der Waals surface area contributed by atoms with Crippen LogP contribution in [0.5, 0.6) is 0 Å². The Hall–Kier alpha value is -2.69. The van der Waals surface area contributed by atoms with Gasteiger partial charge in [-0.05, 0) is 18.2 Å².